The number of carbonyl (C=O) groups is 2. The van der Waals surface area contributed by atoms with E-state index in [2.05, 4.69) is 15.6 Å². The molecule has 6 nitrogen and oxygen atoms in total. The van der Waals surface area contributed by atoms with Crippen LogP contribution in [-0.4, -0.2) is 27.7 Å². The fraction of sp³-hybridized carbons (Fsp3) is 0.167. The number of anilines is 1. The number of nitrogens with zero attached hydrogens (tertiary/aromatic N) is 2. The van der Waals surface area contributed by atoms with Gasteiger partial charge in [-0.05, 0) is 36.8 Å². The molecule has 26 heavy (non-hydrogen) atoms. The average Bonchev–Trinajstić information content (AvgIpc) is 3.02. The maximum Gasteiger partial charge on any atom is 0.292 e. The van der Waals surface area contributed by atoms with Crippen LogP contribution in [0.4, 0.5) is 5.69 Å². The maximum absolute atomic E-state index is 12.7. The number of pyridine rings is 1. The highest BCUT2D eigenvalue weighted by Crippen LogP contribution is 2.26. The van der Waals surface area contributed by atoms with Crippen molar-refractivity contribution in [1.82, 2.24) is 14.7 Å². The molecular weight excluding hydrogens is 375 g/mol. The lowest BCUT2D eigenvalue weighted by atomic mass is 10.3. The molecule has 0 aliphatic rings. The van der Waals surface area contributed by atoms with Crippen molar-refractivity contribution in [2.75, 3.05) is 11.9 Å². The van der Waals surface area contributed by atoms with Crippen LogP contribution in [0.3, 0.4) is 0 Å². The van der Waals surface area contributed by atoms with Gasteiger partial charge in [0.1, 0.15) is 0 Å². The third-order valence-electron chi connectivity index (χ3n) is 3.68. The Morgan fingerprint density at radius 3 is 2.69 bits per heavy atom. The van der Waals surface area contributed by atoms with Crippen LogP contribution in [0.15, 0.2) is 42.6 Å². The molecule has 2 amide bonds. The predicted octanol–water partition coefficient (Wildman–Crippen LogP) is 4.03. The first kappa shape index (κ1) is 18.2. The van der Waals surface area contributed by atoms with E-state index in [9.17, 15) is 9.59 Å². The molecule has 0 bridgehead atoms. The number of benzene rings is 1. The Balaban J connectivity index is 1.96. The molecule has 1 aromatic carbocycles. The normalized spacial score (nSPS) is 10.7. The lowest BCUT2D eigenvalue weighted by Crippen LogP contribution is -2.24. The molecule has 0 atom stereocenters. The number of aromatic nitrogens is 2. The molecule has 2 heterocycles. The maximum atomic E-state index is 12.7. The molecule has 0 saturated carbocycles. The molecule has 0 saturated heterocycles. The zero-order valence-electron chi connectivity index (χ0n) is 13.9. The fourth-order valence-corrected chi connectivity index (χ4v) is 2.91. The summed E-state index contributed by atoms with van der Waals surface area (Å²) in [5.41, 5.74) is 1.16. The number of amides is 2. The van der Waals surface area contributed by atoms with Gasteiger partial charge in [-0.2, -0.15) is 0 Å². The minimum atomic E-state index is -0.482. The molecule has 3 aromatic rings. The SMILES string of the molecule is CCCNC(=O)c1nc(C(=O)Nc2ccc(Cl)cc2Cl)n2ccccc12. The highest BCUT2D eigenvalue weighted by Gasteiger charge is 2.21. The summed E-state index contributed by atoms with van der Waals surface area (Å²) < 4.78 is 1.57. The van der Waals surface area contributed by atoms with E-state index in [-0.39, 0.29) is 17.4 Å². The molecule has 0 fully saturated rings. The van der Waals surface area contributed by atoms with E-state index in [1.54, 1.807) is 40.9 Å². The van der Waals surface area contributed by atoms with Gasteiger partial charge in [0.25, 0.3) is 11.8 Å². The average molecular weight is 391 g/mol. The highest BCUT2D eigenvalue weighted by molar-refractivity contribution is 6.36. The van der Waals surface area contributed by atoms with E-state index >= 15 is 0 Å². The van der Waals surface area contributed by atoms with Gasteiger partial charge in [0.05, 0.1) is 16.2 Å². The van der Waals surface area contributed by atoms with Gasteiger partial charge < -0.3 is 10.6 Å². The van der Waals surface area contributed by atoms with Gasteiger partial charge in [0.2, 0.25) is 5.82 Å². The van der Waals surface area contributed by atoms with E-state index in [1.165, 1.54) is 6.07 Å². The van der Waals surface area contributed by atoms with Gasteiger partial charge in [-0.25, -0.2) is 4.98 Å². The first-order chi connectivity index (χ1) is 12.5. The number of halogens is 2. The molecule has 134 valence electrons. The molecule has 3 rings (SSSR count). The second kappa shape index (κ2) is 7.76. The fourth-order valence-electron chi connectivity index (χ4n) is 2.46. The lowest BCUT2D eigenvalue weighted by Gasteiger charge is -2.06. The lowest BCUT2D eigenvalue weighted by molar-refractivity contribution is 0.0951. The van der Waals surface area contributed by atoms with Gasteiger partial charge in [0.15, 0.2) is 5.69 Å². The molecule has 0 radical (unpaired) electrons. The van der Waals surface area contributed by atoms with Gasteiger partial charge in [0, 0.05) is 17.8 Å². The molecule has 0 spiro atoms. The molecule has 0 aliphatic heterocycles. The Morgan fingerprint density at radius 2 is 1.96 bits per heavy atom. The first-order valence-electron chi connectivity index (χ1n) is 8.03. The number of nitrogens with one attached hydrogen (secondary N) is 2. The number of carbonyl (C=O) groups excluding carboxylic acids is 2. The topological polar surface area (TPSA) is 75.5 Å². The molecular formula is C18H16Cl2N4O2. The van der Waals surface area contributed by atoms with Crippen LogP contribution < -0.4 is 10.6 Å². The molecule has 2 aromatic heterocycles. The molecule has 8 heteroatoms. The quantitative estimate of drug-likeness (QED) is 0.690. The van der Waals surface area contributed by atoms with Crippen LogP contribution in [0.25, 0.3) is 5.52 Å². The van der Waals surface area contributed by atoms with Crippen LogP contribution in [-0.2, 0) is 0 Å². The number of imidazole rings is 1. The van der Waals surface area contributed by atoms with Crippen molar-refractivity contribution >= 4 is 46.2 Å². The van der Waals surface area contributed by atoms with Gasteiger partial charge >= 0.3 is 0 Å². The number of hydrogen-bond donors (Lipinski definition) is 2. The second-order valence-corrected chi connectivity index (χ2v) is 6.42. The minimum Gasteiger partial charge on any atom is -0.351 e. The van der Waals surface area contributed by atoms with Crippen molar-refractivity contribution in [3.8, 4) is 0 Å². The summed E-state index contributed by atoms with van der Waals surface area (Å²) >= 11 is 12.0. The molecule has 0 unspecified atom stereocenters. The Kier molecular flexibility index (Phi) is 5.44. The number of fused-ring (bicyclic) bond motifs is 1. The van der Waals surface area contributed by atoms with E-state index in [1.807, 2.05) is 6.92 Å². The van der Waals surface area contributed by atoms with Crippen LogP contribution in [0, 0.1) is 0 Å². The zero-order valence-corrected chi connectivity index (χ0v) is 15.4. The zero-order chi connectivity index (χ0) is 18.7. The molecule has 2 N–H and O–H groups in total. The van der Waals surface area contributed by atoms with Gasteiger partial charge in [-0.15, -0.1) is 0 Å². The number of hydrogen-bond acceptors (Lipinski definition) is 3. The van der Waals surface area contributed by atoms with E-state index in [0.29, 0.717) is 27.8 Å². The smallest absolute Gasteiger partial charge is 0.292 e. The van der Waals surface area contributed by atoms with Gasteiger partial charge in [-0.3, -0.25) is 14.0 Å². The summed E-state index contributed by atoms with van der Waals surface area (Å²) in [5.74, 6) is -0.711. The summed E-state index contributed by atoms with van der Waals surface area (Å²) in [6.07, 6.45) is 2.48. The van der Waals surface area contributed by atoms with Crippen molar-refractivity contribution in [3.05, 3.63) is 64.2 Å². The van der Waals surface area contributed by atoms with Crippen LogP contribution in [0.2, 0.25) is 10.0 Å². The van der Waals surface area contributed by atoms with Crippen molar-refractivity contribution in [3.63, 3.8) is 0 Å². The van der Waals surface area contributed by atoms with Crippen LogP contribution >= 0.6 is 23.2 Å². The second-order valence-electron chi connectivity index (χ2n) is 5.57. The largest absolute Gasteiger partial charge is 0.351 e. The summed E-state index contributed by atoms with van der Waals surface area (Å²) in [4.78, 5) is 29.3. The summed E-state index contributed by atoms with van der Waals surface area (Å²) in [6.45, 7) is 2.49. The highest BCUT2D eigenvalue weighted by atomic mass is 35.5. The van der Waals surface area contributed by atoms with Gasteiger partial charge in [-0.1, -0.05) is 36.2 Å². The third-order valence-corrected chi connectivity index (χ3v) is 4.23. The minimum absolute atomic E-state index is 0.0910. The summed E-state index contributed by atoms with van der Waals surface area (Å²) in [6, 6.07) is 10.0. The van der Waals surface area contributed by atoms with Crippen molar-refractivity contribution in [1.29, 1.82) is 0 Å². The van der Waals surface area contributed by atoms with E-state index in [4.69, 9.17) is 23.2 Å². The van der Waals surface area contributed by atoms with Crippen LogP contribution in [0.5, 0.6) is 0 Å². The Morgan fingerprint density at radius 1 is 1.15 bits per heavy atom. The standard InChI is InChI=1S/C18H16Cl2N4O2/c1-2-8-21-17(25)15-14-5-3-4-9-24(14)16(23-15)18(26)22-13-7-6-11(19)10-12(13)20/h3-7,9-10H,2,8H2,1H3,(H,21,25)(H,22,26). The first-order valence-corrected chi connectivity index (χ1v) is 8.78. The predicted molar refractivity (Wildman–Crippen MR) is 102 cm³/mol. The summed E-state index contributed by atoms with van der Waals surface area (Å²) in [5, 5.41) is 6.25. The molecule has 0 aliphatic carbocycles. The van der Waals surface area contributed by atoms with E-state index < -0.39 is 5.91 Å². The van der Waals surface area contributed by atoms with Crippen molar-refractivity contribution in [2.24, 2.45) is 0 Å². The van der Waals surface area contributed by atoms with Crippen LogP contribution in [0.1, 0.15) is 34.5 Å². The Bertz CT molecular complexity index is 984. The van der Waals surface area contributed by atoms with Crippen molar-refractivity contribution in [2.45, 2.75) is 13.3 Å². The monoisotopic (exact) mass is 390 g/mol. The summed E-state index contributed by atoms with van der Waals surface area (Å²) in [7, 11) is 0. The Hall–Kier alpha value is -2.57. The Labute approximate surface area is 160 Å². The van der Waals surface area contributed by atoms with E-state index in [0.717, 1.165) is 6.42 Å². The number of rotatable bonds is 5. The third kappa shape index (κ3) is 3.66. The van der Waals surface area contributed by atoms with Crippen molar-refractivity contribution < 1.29 is 9.59 Å².